The number of ether oxygens (including phenoxy) is 4. The van der Waals surface area contributed by atoms with Crippen molar-refractivity contribution in [2.75, 3.05) is 36.9 Å². The van der Waals surface area contributed by atoms with E-state index < -0.39 is 18.7 Å². The van der Waals surface area contributed by atoms with Gasteiger partial charge in [0.1, 0.15) is 5.69 Å². The summed E-state index contributed by atoms with van der Waals surface area (Å²) in [4.78, 5) is 32.6. The number of alkyl halides is 3. The van der Waals surface area contributed by atoms with Crippen molar-refractivity contribution >= 4 is 23.2 Å². The van der Waals surface area contributed by atoms with Crippen molar-refractivity contribution in [1.29, 1.82) is 0 Å². The first-order valence-electron chi connectivity index (χ1n) is 17.5. The lowest BCUT2D eigenvalue weighted by Crippen LogP contribution is -2.33. The molecule has 0 saturated carbocycles. The van der Waals surface area contributed by atoms with Gasteiger partial charge in [0.05, 0.1) is 36.6 Å². The van der Waals surface area contributed by atoms with Crippen LogP contribution in [0.2, 0.25) is 0 Å². The fourth-order valence-electron chi connectivity index (χ4n) is 6.80. The van der Waals surface area contributed by atoms with Gasteiger partial charge in [-0.3, -0.25) is 9.59 Å². The van der Waals surface area contributed by atoms with E-state index in [2.05, 4.69) is 36.0 Å². The van der Waals surface area contributed by atoms with Gasteiger partial charge in [-0.15, -0.1) is 0 Å². The smallest absolute Gasteiger partial charge is 0.422 e. The van der Waals surface area contributed by atoms with Gasteiger partial charge in [0.2, 0.25) is 11.8 Å². The summed E-state index contributed by atoms with van der Waals surface area (Å²) < 4.78 is 58.2. The van der Waals surface area contributed by atoms with Gasteiger partial charge in [-0.25, -0.2) is 9.97 Å². The van der Waals surface area contributed by atoms with Crippen LogP contribution in [0.4, 0.5) is 24.5 Å². The molecule has 12 nitrogen and oxygen atoms in total. The van der Waals surface area contributed by atoms with Crippen LogP contribution in [-0.2, 0) is 9.47 Å². The van der Waals surface area contributed by atoms with E-state index in [1.807, 2.05) is 43.3 Å². The molecular formula is C38H39F3N6O6. The quantitative estimate of drug-likeness (QED) is 0.162. The molecule has 4 aliphatic heterocycles. The fraction of sp³-hybridized carbons (Fsp3) is 0.368. The van der Waals surface area contributed by atoms with Crippen molar-refractivity contribution in [3.05, 3.63) is 107 Å². The Kier molecular flexibility index (Phi) is 10.9. The van der Waals surface area contributed by atoms with Crippen LogP contribution in [0.25, 0.3) is 0 Å². The number of hydrogen-bond acceptors (Lipinski definition) is 10. The van der Waals surface area contributed by atoms with Crippen LogP contribution in [0.5, 0.6) is 11.8 Å². The molecular weight excluding hydrogens is 693 g/mol. The topological polar surface area (TPSA) is 145 Å². The van der Waals surface area contributed by atoms with Gasteiger partial charge in [-0.2, -0.15) is 13.2 Å². The number of fused-ring (bicyclic) bond motifs is 4. The third-order valence-corrected chi connectivity index (χ3v) is 9.28. The summed E-state index contributed by atoms with van der Waals surface area (Å²) in [6.07, 6.45) is -0.454. The predicted octanol–water partition coefficient (Wildman–Crippen LogP) is 5.61. The van der Waals surface area contributed by atoms with Crippen molar-refractivity contribution in [3.8, 4) is 11.8 Å². The number of rotatable bonds is 10. The summed E-state index contributed by atoms with van der Waals surface area (Å²) in [5.74, 6) is -0.420. The summed E-state index contributed by atoms with van der Waals surface area (Å²) >= 11 is 0. The lowest BCUT2D eigenvalue weighted by atomic mass is 10.0. The van der Waals surface area contributed by atoms with Crippen LogP contribution >= 0.6 is 0 Å². The molecule has 53 heavy (non-hydrogen) atoms. The molecule has 4 bridgehead atoms. The highest BCUT2D eigenvalue weighted by Crippen LogP contribution is 2.38. The summed E-state index contributed by atoms with van der Waals surface area (Å²) in [5.41, 5.74) is 4.05. The number of hydrogen-bond donors (Lipinski definition) is 4. The zero-order chi connectivity index (χ0) is 37.0. The fourth-order valence-corrected chi connectivity index (χ4v) is 6.80. The van der Waals surface area contributed by atoms with Crippen LogP contribution in [0, 0.1) is 0 Å². The molecule has 15 heteroatoms. The maximum absolute atomic E-state index is 12.4. The van der Waals surface area contributed by atoms with Crippen LogP contribution in [0.15, 0.2) is 85.1 Å². The second-order valence-corrected chi connectivity index (χ2v) is 13.1. The number of aromatic nitrogens is 2. The molecule has 8 rings (SSSR count). The molecule has 2 amide bonds. The summed E-state index contributed by atoms with van der Waals surface area (Å²) in [5, 5.41) is 12.5. The van der Waals surface area contributed by atoms with Gasteiger partial charge in [0.25, 0.3) is 11.8 Å². The zero-order valence-corrected chi connectivity index (χ0v) is 28.8. The molecule has 4 fully saturated rings. The lowest BCUT2D eigenvalue weighted by Gasteiger charge is -2.23. The lowest BCUT2D eigenvalue weighted by molar-refractivity contribution is -0.154. The molecule has 0 spiro atoms. The number of anilines is 2. The van der Waals surface area contributed by atoms with Crippen LogP contribution in [0.3, 0.4) is 0 Å². The number of amides is 2. The Balaban J connectivity index is 0.000000165. The van der Waals surface area contributed by atoms with Crippen molar-refractivity contribution in [3.63, 3.8) is 0 Å². The van der Waals surface area contributed by atoms with Crippen molar-refractivity contribution in [1.82, 2.24) is 20.6 Å². The van der Waals surface area contributed by atoms with E-state index in [9.17, 15) is 22.8 Å². The highest BCUT2D eigenvalue weighted by atomic mass is 19.4. The van der Waals surface area contributed by atoms with Crippen molar-refractivity contribution in [2.24, 2.45) is 0 Å². The normalized spacial score (nSPS) is 23.9. The molecule has 0 aliphatic carbocycles. The maximum Gasteiger partial charge on any atom is 0.422 e. The standard InChI is InChI=1S/C19H18F3N3O3.C19H21N3O3/c20-19(21,22)10-27-16-6-3-12(8-24-16)18(26)25-13-4-1-11(2-5-13)17-15-7-14(28-17)9-23-15;1-2-24-17-5-3-4-15(22-17)19(23)21-13-8-6-12(7-9-13)18-16-10-14(25-18)11-20-16/h1-6,8,14-15,17,23H,7,9-10H2,(H,25,26);3-9,14,16,18,20H,2,10-11H2,1H3,(H,21,23)/t14-,15-,17+;14-,16-,18+/m00/s1. The minimum Gasteiger partial charge on any atom is -0.478 e. The average Bonchev–Trinajstić information content (AvgIpc) is 3.99. The van der Waals surface area contributed by atoms with Gasteiger partial charge in [-0.1, -0.05) is 30.3 Å². The van der Waals surface area contributed by atoms with Gasteiger partial charge in [-0.05, 0) is 67.3 Å². The van der Waals surface area contributed by atoms with Crippen molar-refractivity contribution in [2.45, 2.75) is 62.4 Å². The number of carbonyl (C=O) groups excluding carboxylic acids is 2. The zero-order valence-electron chi connectivity index (χ0n) is 28.8. The number of halogens is 3. The molecule has 4 aliphatic rings. The summed E-state index contributed by atoms with van der Waals surface area (Å²) in [6, 6.07) is 23.7. The minimum absolute atomic E-state index is 0.0249. The first kappa shape index (κ1) is 36.3. The minimum atomic E-state index is -4.44. The SMILES string of the molecule is CCOc1cccc(C(=O)Nc2ccc([C@H]3O[C@@H]4CN[C@H]3C4)cc2)n1.O=C(Nc1ccc([C@H]2O[C@@H]3CN[C@H]2C3)cc1)c1ccc(OCC(F)(F)F)nc1. The molecule has 278 valence electrons. The molecule has 6 atom stereocenters. The van der Waals surface area contributed by atoms with Crippen molar-refractivity contribution < 1.29 is 41.7 Å². The number of nitrogens with zero attached hydrogens (tertiary/aromatic N) is 2. The Morgan fingerprint density at radius 2 is 1.36 bits per heavy atom. The number of carbonyl (C=O) groups is 2. The second kappa shape index (κ2) is 15.9. The van der Waals surface area contributed by atoms with E-state index in [-0.39, 0.29) is 35.7 Å². The van der Waals surface area contributed by atoms with Gasteiger partial charge >= 0.3 is 6.18 Å². The molecule has 4 N–H and O–H groups in total. The van der Waals surface area contributed by atoms with Crippen LogP contribution in [0.1, 0.15) is 63.9 Å². The van der Waals surface area contributed by atoms with E-state index in [0.717, 1.165) is 42.7 Å². The maximum atomic E-state index is 12.4. The van der Waals surface area contributed by atoms with Gasteiger partial charge in [0.15, 0.2) is 6.61 Å². The first-order chi connectivity index (χ1) is 25.6. The van der Waals surface area contributed by atoms with E-state index in [1.165, 1.54) is 18.3 Å². The Morgan fingerprint density at radius 3 is 1.83 bits per heavy atom. The molecule has 4 aromatic rings. The van der Waals surface area contributed by atoms with Gasteiger partial charge < -0.3 is 40.2 Å². The highest BCUT2D eigenvalue weighted by Gasteiger charge is 2.42. The molecule has 4 saturated heterocycles. The monoisotopic (exact) mass is 732 g/mol. The largest absolute Gasteiger partial charge is 0.478 e. The predicted molar refractivity (Wildman–Crippen MR) is 188 cm³/mol. The highest BCUT2D eigenvalue weighted by molar-refractivity contribution is 6.04. The number of nitrogens with one attached hydrogen (secondary N) is 4. The molecule has 2 aromatic carbocycles. The third-order valence-electron chi connectivity index (χ3n) is 9.28. The summed E-state index contributed by atoms with van der Waals surface area (Å²) in [7, 11) is 0. The molecule has 0 radical (unpaired) electrons. The first-order valence-corrected chi connectivity index (χ1v) is 17.5. The van der Waals surface area contributed by atoms with E-state index in [4.69, 9.17) is 14.2 Å². The Labute approximate surface area is 303 Å². The average molecular weight is 733 g/mol. The van der Waals surface area contributed by atoms with E-state index in [1.54, 1.807) is 30.3 Å². The number of morpholine rings is 2. The Morgan fingerprint density at radius 1 is 0.774 bits per heavy atom. The van der Waals surface area contributed by atoms with Crippen LogP contribution in [-0.4, -0.2) is 78.6 Å². The molecule has 0 unspecified atom stereocenters. The van der Waals surface area contributed by atoms with E-state index in [0.29, 0.717) is 42.1 Å². The number of benzene rings is 2. The molecule has 6 heterocycles. The number of pyridine rings is 2. The Bertz CT molecular complexity index is 1880. The second-order valence-electron chi connectivity index (χ2n) is 13.1. The molecule has 2 aromatic heterocycles. The third kappa shape index (κ3) is 9.11. The summed E-state index contributed by atoms with van der Waals surface area (Å²) in [6.45, 7) is 2.80. The van der Waals surface area contributed by atoms with E-state index >= 15 is 0 Å². The van der Waals surface area contributed by atoms with Gasteiger partial charge in [0, 0.05) is 54.9 Å². The Hall–Kier alpha value is -5.09. The van der Waals surface area contributed by atoms with Crippen LogP contribution < -0.4 is 30.7 Å².